The Hall–Kier alpha value is -2.69. The van der Waals surface area contributed by atoms with E-state index in [1.807, 2.05) is 41.1 Å². The van der Waals surface area contributed by atoms with Gasteiger partial charge in [0.05, 0.1) is 11.8 Å². The summed E-state index contributed by atoms with van der Waals surface area (Å²) in [5, 5.41) is 5.20. The van der Waals surface area contributed by atoms with Crippen molar-refractivity contribution < 1.29 is 4.79 Å². The van der Waals surface area contributed by atoms with Crippen LogP contribution in [0.5, 0.6) is 0 Å². The lowest BCUT2D eigenvalue weighted by molar-refractivity contribution is 0.0993. The van der Waals surface area contributed by atoms with Gasteiger partial charge in [0.25, 0.3) is 5.91 Å². The normalized spacial score (nSPS) is 11.1. The molecule has 0 aliphatic carbocycles. The third kappa shape index (κ3) is 2.45. The highest BCUT2D eigenvalue weighted by Crippen LogP contribution is 2.19. The lowest BCUT2D eigenvalue weighted by Gasteiger charge is -2.17. The molecule has 0 unspecified atom stereocenters. The van der Waals surface area contributed by atoms with Crippen LogP contribution in [0.2, 0.25) is 0 Å². The quantitative estimate of drug-likeness (QED) is 0.745. The standard InChI is InChI=1S/C17H18N4O/c1-12(2)21-16-13(11-19-21)9-14(10-18-16)17(22)20(3)15-7-5-4-6-8-15/h4-12H,1-3H3. The van der Waals surface area contributed by atoms with Crippen LogP contribution in [0.1, 0.15) is 30.2 Å². The number of benzene rings is 1. The zero-order chi connectivity index (χ0) is 15.7. The number of hydrogen-bond donors (Lipinski definition) is 0. The van der Waals surface area contributed by atoms with Gasteiger partial charge in [0.2, 0.25) is 0 Å². The molecule has 0 radical (unpaired) electrons. The Kier molecular flexibility index (Phi) is 3.63. The molecule has 0 bridgehead atoms. The van der Waals surface area contributed by atoms with Crippen LogP contribution in [-0.2, 0) is 0 Å². The fraction of sp³-hybridized carbons (Fsp3) is 0.235. The second-order valence-electron chi connectivity index (χ2n) is 5.52. The van der Waals surface area contributed by atoms with E-state index in [2.05, 4.69) is 23.9 Å². The number of carbonyl (C=O) groups is 1. The van der Waals surface area contributed by atoms with Crippen LogP contribution >= 0.6 is 0 Å². The fourth-order valence-corrected chi connectivity index (χ4v) is 2.40. The molecule has 1 aromatic carbocycles. The van der Waals surface area contributed by atoms with Gasteiger partial charge in [-0.15, -0.1) is 0 Å². The molecule has 3 rings (SSSR count). The minimum Gasteiger partial charge on any atom is -0.311 e. The van der Waals surface area contributed by atoms with Crippen LogP contribution in [0, 0.1) is 0 Å². The number of rotatable bonds is 3. The number of hydrogen-bond acceptors (Lipinski definition) is 3. The number of para-hydroxylation sites is 1. The first-order chi connectivity index (χ1) is 10.6. The molecule has 0 saturated carbocycles. The molecule has 2 aromatic heterocycles. The second-order valence-corrected chi connectivity index (χ2v) is 5.52. The Morgan fingerprint density at radius 2 is 1.91 bits per heavy atom. The summed E-state index contributed by atoms with van der Waals surface area (Å²) >= 11 is 0. The summed E-state index contributed by atoms with van der Waals surface area (Å²) in [7, 11) is 1.76. The summed E-state index contributed by atoms with van der Waals surface area (Å²) in [5.74, 6) is -0.0853. The number of nitrogens with zero attached hydrogens (tertiary/aromatic N) is 4. The largest absolute Gasteiger partial charge is 0.311 e. The van der Waals surface area contributed by atoms with E-state index in [0.717, 1.165) is 16.7 Å². The third-order valence-corrected chi connectivity index (χ3v) is 3.62. The van der Waals surface area contributed by atoms with E-state index in [1.165, 1.54) is 0 Å². The maximum Gasteiger partial charge on any atom is 0.259 e. The highest BCUT2D eigenvalue weighted by molar-refractivity contribution is 6.06. The highest BCUT2D eigenvalue weighted by atomic mass is 16.2. The highest BCUT2D eigenvalue weighted by Gasteiger charge is 2.16. The maximum absolute atomic E-state index is 12.6. The van der Waals surface area contributed by atoms with Gasteiger partial charge in [0.15, 0.2) is 5.65 Å². The maximum atomic E-state index is 12.6. The summed E-state index contributed by atoms with van der Waals surface area (Å²) in [6.07, 6.45) is 3.37. The zero-order valence-corrected chi connectivity index (χ0v) is 12.9. The van der Waals surface area contributed by atoms with Crippen molar-refractivity contribution in [2.75, 3.05) is 11.9 Å². The molecule has 112 valence electrons. The first-order valence-electron chi connectivity index (χ1n) is 7.24. The number of anilines is 1. The van der Waals surface area contributed by atoms with Crippen molar-refractivity contribution in [3.63, 3.8) is 0 Å². The average Bonchev–Trinajstić information content (AvgIpc) is 2.97. The molecule has 0 N–H and O–H groups in total. The Morgan fingerprint density at radius 1 is 1.18 bits per heavy atom. The first kappa shape index (κ1) is 14.3. The van der Waals surface area contributed by atoms with Crippen LogP contribution in [0.15, 0.2) is 48.8 Å². The summed E-state index contributed by atoms with van der Waals surface area (Å²) in [4.78, 5) is 18.6. The van der Waals surface area contributed by atoms with Crippen LogP contribution < -0.4 is 4.90 Å². The number of aromatic nitrogens is 3. The molecule has 0 aliphatic rings. The number of fused-ring (bicyclic) bond motifs is 1. The smallest absolute Gasteiger partial charge is 0.259 e. The van der Waals surface area contributed by atoms with E-state index < -0.39 is 0 Å². The minimum atomic E-state index is -0.0853. The van der Waals surface area contributed by atoms with Crippen LogP contribution in [0.25, 0.3) is 11.0 Å². The summed E-state index contributed by atoms with van der Waals surface area (Å²) in [5.41, 5.74) is 2.21. The van der Waals surface area contributed by atoms with Gasteiger partial charge >= 0.3 is 0 Å². The van der Waals surface area contributed by atoms with E-state index in [0.29, 0.717) is 5.56 Å². The lowest BCUT2D eigenvalue weighted by Crippen LogP contribution is -2.26. The Bertz CT molecular complexity index is 808. The van der Waals surface area contributed by atoms with Gasteiger partial charge in [0.1, 0.15) is 0 Å². The molecule has 0 spiro atoms. The molecule has 0 fully saturated rings. The molecule has 0 atom stereocenters. The zero-order valence-electron chi connectivity index (χ0n) is 12.9. The molecule has 3 aromatic rings. The Balaban J connectivity index is 1.95. The Labute approximate surface area is 129 Å². The molecule has 22 heavy (non-hydrogen) atoms. The SMILES string of the molecule is CC(C)n1ncc2cc(C(=O)N(C)c3ccccc3)cnc21. The molecule has 0 saturated heterocycles. The van der Waals surface area contributed by atoms with Gasteiger partial charge < -0.3 is 4.90 Å². The van der Waals surface area contributed by atoms with E-state index in [4.69, 9.17) is 0 Å². The van der Waals surface area contributed by atoms with Gasteiger partial charge in [-0.3, -0.25) is 4.79 Å². The van der Waals surface area contributed by atoms with Crippen molar-refractivity contribution in [1.82, 2.24) is 14.8 Å². The van der Waals surface area contributed by atoms with Crippen molar-refractivity contribution in [2.24, 2.45) is 0 Å². The van der Waals surface area contributed by atoms with Crippen molar-refractivity contribution >= 4 is 22.6 Å². The van der Waals surface area contributed by atoms with Gasteiger partial charge in [0, 0.05) is 30.4 Å². The lowest BCUT2D eigenvalue weighted by atomic mass is 10.2. The second kappa shape index (κ2) is 5.60. The molecule has 5 heteroatoms. The van der Waals surface area contributed by atoms with E-state index in [1.54, 1.807) is 24.3 Å². The van der Waals surface area contributed by atoms with Crippen molar-refractivity contribution in [2.45, 2.75) is 19.9 Å². The Morgan fingerprint density at radius 3 is 2.59 bits per heavy atom. The average molecular weight is 294 g/mol. The predicted octanol–water partition coefficient (Wildman–Crippen LogP) is 3.29. The predicted molar refractivity (Wildman–Crippen MR) is 87.1 cm³/mol. The van der Waals surface area contributed by atoms with E-state index >= 15 is 0 Å². The topological polar surface area (TPSA) is 51.0 Å². The molecule has 1 amide bonds. The van der Waals surface area contributed by atoms with Crippen molar-refractivity contribution in [3.05, 3.63) is 54.4 Å². The number of carbonyl (C=O) groups excluding carboxylic acids is 1. The molecule has 5 nitrogen and oxygen atoms in total. The van der Waals surface area contributed by atoms with Crippen LogP contribution in [-0.4, -0.2) is 27.7 Å². The van der Waals surface area contributed by atoms with Crippen molar-refractivity contribution in [3.8, 4) is 0 Å². The number of pyridine rings is 1. The van der Waals surface area contributed by atoms with Crippen molar-refractivity contribution in [1.29, 1.82) is 0 Å². The monoisotopic (exact) mass is 294 g/mol. The molecular weight excluding hydrogens is 276 g/mol. The number of amides is 1. The summed E-state index contributed by atoms with van der Waals surface area (Å²) in [6.45, 7) is 4.10. The van der Waals surface area contributed by atoms with E-state index in [9.17, 15) is 4.79 Å². The third-order valence-electron chi connectivity index (χ3n) is 3.62. The summed E-state index contributed by atoms with van der Waals surface area (Å²) in [6, 6.07) is 11.6. The first-order valence-corrected chi connectivity index (χ1v) is 7.24. The van der Waals surface area contributed by atoms with Gasteiger partial charge in [-0.05, 0) is 32.0 Å². The fourth-order valence-electron chi connectivity index (χ4n) is 2.40. The molecule has 2 heterocycles. The molecular formula is C17H18N4O. The minimum absolute atomic E-state index is 0.0853. The van der Waals surface area contributed by atoms with Gasteiger partial charge in [-0.1, -0.05) is 18.2 Å². The van der Waals surface area contributed by atoms with Gasteiger partial charge in [-0.2, -0.15) is 5.10 Å². The van der Waals surface area contributed by atoms with E-state index in [-0.39, 0.29) is 11.9 Å². The molecule has 0 aliphatic heterocycles. The van der Waals surface area contributed by atoms with Crippen LogP contribution in [0.3, 0.4) is 0 Å². The van der Waals surface area contributed by atoms with Crippen LogP contribution in [0.4, 0.5) is 5.69 Å². The van der Waals surface area contributed by atoms with Gasteiger partial charge in [-0.25, -0.2) is 9.67 Å². The summed E-state index contributed by atoms with van der Waals surface area (Å²) < 4.78 is 1.85.